The molecule has 1 aliphatic heterocycles. The molecule has 0 aliphatic carbocycles. The van der Waals surface area contributed by atoms with Gasteiger partial charge in [0, 0.05) is 12.0 Å². The highest BCUT2D eigenvalue weighted by molar-refractivity contribution is 5.87. The number of carbonyl (C=O) groups excluding carboxylic acids is 1. The van der Waals surface area contributed by atoms with Crippen LogP contribution in [0.2, 0.25) is 0 Å². The van der Waals surface area contributed by atoms with Crippen LogP contribution >= 0.6 is 0 Å². The molecule has 3 N–H and O–H groups in total. The molecule has 3 aromatic carbocycles. The monoisotopic (exact) mass is 506 g/mol. The highest BCUT2D eigenvalue weighted by atomic mass is 16.5. The zero-order valence-electron chi connectivity index (χ0n) is 20.7. The van der Waals surface area contributed by atoms with E-state index in [2.05, 4.69) is 0 Å². The molecule has 0 radical (unpaired) electrons. The van der Waals surface area contributed by atoms with Crippen LogP contribution in [0.15, 0.2) is 66.7 Å². The van der Waals surface area contributed by atoms with Crippen LogP contribution in [-0.2, 0) is 20.7 Å². The van der Waals surface area contributed by atoms with Crippen LogP contribution in [0.5, 0.6) is 28.7 Å². The van der Waals surface area contributed by atoms with Crippen molar-refractivity contribution in [3.63, 3.8) is 0 Å². The van der Waals surface area contributed by atoms with E-state index >= 15 is 0 Å². The van der Waals surface area contributed by atoms with Crippen LogP contribution in [0.3, 0.4) is 0 Å². The number of rotatable bonds is 9. The number of ether oxygens (including phenoxy) is 4. The molecule has 0 spiro atoms. The molecule has 8 nitrogen and oxygen atoms in total. The number of phenolic OH excluding ortho intramolecular Hbond substituents is 3. The number of benzene rings is 3. The topological polar surface area (TPSA) is 115 Å². The Balaban J connectivity index is 1.52. The molecule has 37 heavy (non-hydrogen) atoms. The van der Waals surface area contributed by atoms with Crippen molar-refractivity contribution < 1.29 is 39.1 Å². The molecule has 1 fully saturated rings. The summed E-state index contributed by atoms with van der Waals surface area (Å²) in [4.78, 5) is 12.5. The van der Waals surface area contributed by atoms with Crippen molar-refractivity contribution in [2.45, 2.75) is 12.5 Å². The summed E-state index contributed by atoms with van der Waals surface area (Å²) in [6, 6.07) is 16.7. The number of hydrogen-bond acceptors (Lipinski definition) is 8. The van der Waals surface area contributed by atoms with Gasteiger partial charge in [-0.1, -0.05) is 24.3 Å². The molecule has 0 aromatic heterocycles. The molecular weight excluding hydrogens is 476 g/mol. The van der Waals surface area contributed by atoms with Crippen molar-refractivity contribution in [1.82, 2.24) is 0 Å². The molecule has 4 rings (SSSR count). The molecule has 0 unspecified atom stereocenters. The molecule has 0 bridgehead atoms. The third-order valence-corrected chi connectivity index (χ3v) is 6.48. The van der Waals surface area contributed by atoms with Crippen molar-refractivity contribution >= 4 is 12.0 Å². The van der Waals surface area contributed by atoms with Gasteiger partial charge in [-0.25, -0.2) is 4.79 Å². The van der Waals surface area contributed by atoms with Gasteiger partial charge in [-0.3, -0.25) is 0 Å². The van der Waals surface area contributed by atoms with Crippen molar-refractivity contribution in [3.8, 4) is 28.7 Å². The number of carbonyl (C=O) groups is 1. The first-order valence-electron chi connectivity index (χ1n) is 11.9. The summed E-state index contributed by atoms with van der Waals surface area (Å²) in [6.07, 6.45) is 3.21. The van der Waals surface area contributed by atoms with Gasteiger partial charge >= 0.3 is 5.97 Å². The number of methoxy groups -OCH3 is 2. The van der Waals surface area contributed by atoms with Gasteiger partial charge in [0.1, 0.15) is 5.75 Å². The second-order valence-electron chi connectivity index (χ2n) is 8.87. The fourth-order valence-electron chi connectivity index (χ4n) is 4.50. The molecule has 194 valence electrons. The Labute approximate surface area is 215 Å². The maximum atomic E-state index is 12.5. The van der Waals surface area contributed by atoms with E-state index < -0.39 is 5.97 Å². The summed E-state index contributed by atoms with van der Waals surface area (Å²) in [5, 5.41) is 29.4. The van der Waals surface area contributed by atoms with Gasteiger partial charge in [-0.2, -0.15) is 0 Å². The molecule has 3 aromatic rings. The average Bonchev–Trinajstić information content (AvgIpc) is 3.30. The van der Waals surface area contributed by atoms with E-state index in [1.54, 1.807) is 60.7 Å². The Morgan fingerprint density at radius 3 is 2.32 bits per heavy atom. The maximum absolute atomic E-state index is 12.5. The number of aromatic hydroxyl groups is 3. The van der Waals surface area contributed by atoms with Crippen LogP contribution in [-0.4, -0.2) is 48.7 Å². The molecule has 1 heterocycles. The van der Waals surface area contributed by atoms with Crippen LogP contribution in [0.1, 0.15) is 22.8 Å². The van der Waals surface area contributed by atoms with E-state index in [1.165, 1.54) is 20.3 Å². The number of hydrogen-bond donors (Lipinski definition) is 3. The van der Waals surface area contributed by atoms with E-state index in [4.69, 9.17) is 18.9 Å². The molecule has 1 aliphatic rings. The quantitative estimate of drug-likeness (QED) is 0.284. The van der Waals surface area contributed by atoms with Gasteiger partial charge in [-0.05, 0) is 71.5 Å². The summed E-state index contributed by atoms with van der Waals surface area (Å²) in [5.74, 6) is 0.294. The zero-order valence-corrected chi connectivity index (χ0v) is 20.7. The molecule has 3 atom stereocenters. The molecule has 0 saturated carbocycles. The Morgan fingerprint density at radius 2 is 1.62 bits per heavy atom. The lowest BCUT2D eigenvalue weighted by Gasteiger charge is -2.23. The fraction of sp³-hybridized carbons (Fsp3) is 0.276. The predicted octanol–water partition coefficient (Wildman–Crippen LogP) is 4.62. The lowest BCUT2D eigenvalue weighted by Crippen LogP contribution is -2.24. The van der Waals surface area contributed by atoms with E-state index in [9.17, 15) is 20.1 Å². The molecular formula is C29H30O8. The first kappa shape index (κ1) is 25.9. The van der Waals surface area contributed by atoms with E-state index in [1.807, 2.05) is 6.07 Å². The summed E-state index contributed by atoms with van der Waals surface area (Å²) in [7, 11) is 2.98. The first-order valence-corrected chi connectivity index (χ1v) is 11.9. The van der Waals surface area contributed by atoms with Crippen molar-refractivity contribution in [2.75, 3.05) is 27.4 Å². The van der Waals surface area contributed by atoms with Crippen LogP contribution in [0.25, 0.3) is 6.08 Å². The minimum Gasteiger partial charge on any atom is -0.508 e. The summed E-state index contributed by atoms with van der Waals surface area (Å²) < 4.78 is 22.3. The Kier molecular flexibility index (Phi) is 8.20. The highest BCUT2D eigenvalue weighted by Crippen LogP contribution is 2.43. The minimum atomic E-state index is -0.493. The van der Waals surface area contributed by atoms with Crippen molar-refractivity contribution in [1.29, 1.82) is 0 Å². The second-order valence-corrected chi connectivity index (χ2v) is 8.87. The fourth-order valence-corrected chi connectivity index (χ4v) is 4.50. The van der Waals surface area contributed by atoms with Gasteiger partial charge in [0.05, 0.1) is 33.5 Å². The second kappa shape index (κ2) is 11.7. The molecule has 1 saturated heterocycles. The van der Waals surface area contributed by atoms with E-state index in [-0.39, 0.29) is 41.8 Å². The van der Waals surface area contributed by atoms with Crippen LogP contribution in [0.4, 0.5) is 0 Å². The van der Waals surface area contributed by atoms with Gasteiger partial charge < -0.3 is 34.3 Å². The smallest absolute Gasteiger partial charge is 0.330 e. The zero-order chi connectivity index (χ0) is 26.4. The molecule has 8 heteroatoms. The Hall–Kier alpha value is -4.17. The minimum absolute atomic E-state index is 0.00734. The summed E-state index contributed by atoms with van der Waals surface area (Å²) in [6.45, 7) is 0.551. The van der Waals surface area contributed by atoms with Gasteiger partial charge in [0.2, 0.25) is 0 Å². The van der Waals surface area contributed by atoms with Crippen LogP contribution < -0.4 is 9.47 Å². The van der Waals surface area contributed by atoms with Gasteiger partial charge in [0.15, 0.2) is 23.0 Å². The average molecular weight is 507 g/mol. The Bertz CT molecular complexity index is 1250. The summed E-state index contributed by atoms with van der Waals surface area (Å²) >= 11 is 0. The lowest BCUT2D eigenvalue weighted by atomic mass is 9.84. The molecule has 0 amide bonds. The SMILES string of the molecule is COc1cc(C[C@@H]2CO[C@H](c3ccc(O)c(OC)c3)[C@@H]2COC(=O)/C=C/c2ccc(O)cc2)ccc1O. The van der Waals surface area contributed by atoms with Crippen molar-refractivity contribution in [3.05, 3.63) is 83.4 Å². The highest BCUT2D eigenvalue weighted by Gasteiger charge is 2.39. The van der Waals surface area contributed by atoms with Gasteiger partial charge in [-0.15, -0.1) is 0 Å². The number of esters is 1. The number of phenols is 3. The standard InChI is InChI=1S/C29H30O8/c1-34-26-14-19(5-10-24(26)31)13-21-16-37-29(20-7-11-25(32)27(15-20)35-2)23(21)17-36-28(33)12-6-18-3-8-22(30)9-4-18/h3-12,14-15,21,23,29-32H,13,16-17H2,1-2H3/b12-6+/t21-,23-,29-/m1/s1. The Morgan fingerprint density at radius 1 is 0.946 bits per heavy atom. The third-order valence-electron chi connectivity index (χ3n) is 6.48. The lowest BCUT2D eigenvalue weighted by molar-refractivity contribution is -0.139. The first-order chi connectivity index (χ1) is 17.9. The summed E-state index contributed by atoms with van der Waals surface area (Å²) in [5.41, 5.74) is 2.52. The predicted molar refractivity (Wildman–Crippen MR) is 137 cm³/mol. The van der Waals surface area contributed by atoms with Gasteiger partial charge in [0.25, 0.3) is 0 Å². The van der Waals surface area contributed by atoms with E-state index in [0.29, 0.717) is 24.5 Å². The normalized spacial score (nSPS) is 19.1. The van der Waals surface area contributed by atoms with Crippen molar-refractivity contribution in [2.24, 2.45) is 11.8 Å². The third kappa shape index (κ3) is 6.34. The van der Waals surface area contributed by atoms with Crippen LogP contribution in [0, 0.1) is 11.8 Å². The largest absolute Gasteiger partial charge is 0.508 e. The van der Waals surface area contributed by atoms with E-state index in [0.717, 1.165) is 16.7 Å². The maximum Gasteiger partial charge on any atom is 0.330 e.